The number of rotatable bonds is 9. The second-order valence-electron chi connectivity index (χ2n) is 9.60. The van der Waals surface area contributed by atoms with Crippen LogP contribution in [0.15, 0.2) is 84.9 Å². The molecule has 3 aromatic carbocycles. The molecular formula is C31H34N4O. The van der Waals surface area contributed by atoms with Crippen molar-refractivity contribution in [3.8, 4) is 0 Å². The predicted octanol–water partition coefficient (Wildman–Crippen LogP) is 5.45. The van der Waals surface area contributed by atoms with Gasteiger partial charge in [-0.25, -0.2) is 4.98 Å². The third kappa shape index (κ3) is 5.99. The average molecular weight is 479 g/mol. The minimum absolute atomic E-state index is 0.177. The number of carbonyl (C=O) groups is 1. The normalized spacial score (nSPS) is 15.1. The molecule has 0 spiro atoms. The summed E-state index contributed by atoms with van der Waals surface area (Å²) >= 11 is 0. The summed E-state index contributed by atoms with van der Waals surface area (Å²) < 4.78 is 2.25. The van der Waals surface area contributed by atoms with Crippen molar-refractivity contribution >= 4 is 22.9 Å². The molecule has 36 heavy (non-hydrogen) atoms. The van der Waals surface area contributed by atoms with Crippen molar-refractivity contribution in [2.75, 3.05) is 32.7 Å². The van der Waals surface area contributed by atoms with Crippen LogP contribution in [-0.2, 0) is 13.1 Å². The summed E-state index contributed by atoms with van der Waals surface area (Å²) in [5.74, 6) is 1.22. The molecule has 5 nitrogen and oxygen atoms in total. The second kappa shape index (κ2) is 11.5. The molecule has 0 unspecified atom stereocenters. The Morgan fingerprint density at radius 2 is 1.56 bits per heavy atom. The standard InChI is InChI=1S/C31H34N4O/c1-25-13-15-27(16-14-25)30(36)17-19-35-29-12-6-5-11-28(29)32-31(35)24-34-22-20-33(21-23-34)18-7-10-26-8-3-2-4-9-26/h2-16H,17-24H2,1H3. The fourth-order valence-corrected chi connectivity index (χ4v) is 4.82. The highest BCUT2D eigenvalue weighted by molar-refractivity contribution is 5.96. The number of hydrogen-bond donors (Lipinski definition) is 0. The minimum atomic E-state index is 0.177. The van der Waals surface area contributed by atoms with Crippen molar-refractivity contribution in [1.82, 2.24) is 19.4 Å². The zero-order chi connectivity index (χ0) is 24.7. The Balaban J connectivity index is 1.20. The molecule has 0 atom stereocenters. The largest absolute Gasteiger partial charge is 0.326 e. The third-order valence-electron chi connectivity index (χ3n) is 6.97. The molecule has 0 N–H and O–H groups in total. The Hall–Kier alpha value is -3.54. The monoisotopic (exact) mass is 478 g/mol. The number of ketones is 1. The first kappa shape index (κ1) is 24.2. The van der Waals surface area contributed by atoms with Gasteiger partial charge in [-0.3, -0.25) is 14.6 Å². The molecule has 0 radical (unpaired) electrons. The van der Waals surface area contributed by atoms with Crippen molar-refractivity contribution in [2.45, 2.75) is 26.4 Å². The second-order valence-corrected chi connectivity index (χ2v) is 9.60. The smallest absolute Gasteiger partial charge is 0.164 e. The Morgan fingerprint density at radius 3 is 2.33 bits per heavy atom. The fourth-order valence-electron chi connectivity index (χ4n) is 4.82. The topological polar surface area (TPSA) is 41.4 Å². The number of benzene rings is 3. The Morgan fingerprint density at radius 1 is 0.861 bits per heavy atom. The van der Waals surface area contributed by atoms with E-state index in [1.54, 1.807) is 0 Å². The van der Waals surface area contributed by atoms with Crippen LogP contribution in [0, 0.1) is 6.92 Å². The quantitative estimate of drug-likeness (QED) is 0.300. The maximum absolute atomic E-state index is 12.8. The lowest BCUT2D eigenvalue weighted by atomic mass is 10.1. The van der Waals surface area contributed by atoms with E-state index in [2.05, 4.69) is 62.9 Å². The van der Waals surface area contributed by atoms with Crippen LogP contribution in [0.4, 0.5) is 0 Å². The van der Waals surface area contributed by atoms with Crippen LogP contribution in [0.5, 0.6) is 0 Å². The zero-order valence-electron chi connectivity index (χ0n) is 21.0. The summed E-state index contributed by atoms with van der Waals surface area (Å²) in [6.07, 6.45) is 4.93. The van der Waals surface area contributed by atoms with Crippen molar-refractivity contribution in [3.63, 3.8) is 0 Å². The molecule has 2 heterocycles. The molecule has 0 saturated carbocycles. The number of imidazole rings is 1. The average Bonchev–Trinajstić information content (AvgIpc) is 3.26. The fraction of sp³-hybridized carbons (Fsp3) is 0.290. The number of aryl methyl sites for hydroxylation is 2. The van der Waals surface area contributed by atoms with E-state index in [4.69, 9.17) is 4.98 Å². The van der Waals surface area contributed by atoms with Gasteiger partial charge in [-0.15, -0.1) is 0 Å². The molecule has 1 fully saturated rings. The maximum Gasteiger partial charge on any atom is 0.164 e. The maximum atomic E-state index is 12.8. The van der Waals surface area contributed by atoms with E-state index in [0.29, 0.717) is 13.0 Å². The molecule has 184 valence electrons. The van der Waals surface area contributed by atoms with Gasteiger partial charge in [0.1, 0.15) is 5.82 Å². The Labute approximate surface area is 213 Å². The van der Waals surface area contributed by atoms with Crippen molar-refractivity contribution in [3.05, 3.63) is 107 Å². The molecule has 0 bridgehead atoms. The van der Waals surface area contributed by atoms with Gasteiger partial charge in [0.2, 0.25) is 0 Å². The van der Waals surface area contributed by atoms with E-state index in [1.165, 1.54) is 11.1 Å². The third-order valence-corrected chi connectivity index (χ3v) is 6.97. The molecule has 0 aliphatic carbocycles. The molecule has 5 heteroatoms. The van der Waals surface area contributed by atoms with E-state index in [0.717, 1.165) is 61.7 Å². The van der Waals surface area contributed by atoms with Gasteiger partial charge in [0, 0.05) is 51.3 Å². The summed E-state index contributed by atoms with van der Waals surface area (Å²) in [6, 6.07) is 26.6. The van der Waals surface area contributed by atoms with Gasteiger partial charge in [0.25, 0.3) is 0 Å². The van der Waals surface area contributed by atoms with Crippen molar-refractivity contribution in [2.24, 2.45) is 0 Å². The van der Waals surface area contributed by atoms with Gasteiger partial charge in [-0.05, 0) is 24.6 Å². The van der Waals surface area contributed by atoms with Crippen LogP contribution in [0.2, 0.25) is 0 Å². The molecule has 1 aliphatic heterocycles. The minimum Gasteiger partial charge on any atom is -0.326 e. The zero-order valence-corrected chi connectivity index (χ0v) is 21.0. The van der Waals surface area contributed by atoms with Crippen LogP contribution in [0.25, 0.3) is 17.1 Å². The van der Waals surface area contributed by atoms with Crippen LogP contribution in [0.1, 0.15) is 33.7 Å². The lowest BCUT2D eigenvalue weighted by Gasteiger charge is -2.34. The van der Waals surface area contributed by atoms with Gasteiger partial charge in [0.15, 0.2) is 5.78 Å². The van der Waals surface area contributed by atoms with Gasteiger partial charge >= 0.3 is 0 Å². The van der Waals surface area contributed by atoms with E-state index < -0.39 is 0 Å². The number of fused-ring (bicyclic) bond motifs is 1. The number of para-hydroxylation sites is 2. The first-order chi connectivity index (χ1) is 17.7. The molecular weight excluding hydrogens is 444 g/mol. The number of carbonyl (C=O) groups excluding carboxylic acids is 1. The van der Waals surface area contributed by atoms with E-state index in [-0.39, 0.29) is 5.78 Å². The summed E-state index contributed by atoms with van der Waals surface area (Å²) in [4.78, 5) is 22.8. The van der Waals surface area contributed by atoms with E-state index in [1.807, 2.05) is 49.4 Å². The van der Waals surface area contributed by atoms with Gasteiger partial charge in [0.05, 0.1) is 17.6 Å². The van der Waals surface area contributed by atoms with Crippen LogP contribution in [0.3, 0.4) is 0 Å². The van der Waals surface area contributed by atoms with Gasteiger partial charge < -0.3 is 4.57 Å². The number of aromatic nitrogens is 2. The number of hydrogen-bond acceptors (Lipinski definition) is 4. The number of piperazine rings is 1. The van der Waals surface area contributed by atoms with Crippen molar-refractivity contribution in [1.29, 1.82) is 0 Å². The Bertz CT molecular complexity index is 1320. The molecule has 1 saturated heterocycles. The number of nitrogens with zero attached hydrogens (tertiary/aromatic N) is 4. The molecule has 1 aromatic heterocycles. The highest BCUT2D eigenvalue weighted by Gasteiger charge is 2.20. The lowest BCUT2D eigenvalue weighted by molar-refractivity contribution is 0.0976. The van der Waals surface area contributed by atoms with Crippen LogP contribution >= 0.6 is 0 Å². The molecule has 5 rings (SSSR count). The highest BCUT2D eigenvalue weighted by Crippen LogP contribution is 2.19. The number of Topliss-reactive ketones (excluding diaryl/α,β-unsaturated/α-hetero) is 1. The van der Waals surface area contributed by atoms with E-state index in [9.17, 15) is 4.79 Å². The first-order valence-corrected chi connectivity index (χ1v) is 12.9. The Kier molecular flexibility index (Phi) is 7.70. The first-order valence-electron chi connectivity index (χ1n) is 12.9. The summed E-state index contributed by atoms with van der Waals surface area (Å²) in [5, 5.41) is 0. The SMILES string of the molecule is Cc1ccc(C(=O)CCn2c(CN3CCN(CC=Cc4ccccc4)CC3)nc3ccccc32)cc1. The molecule has 0 amide bonds. The van der Waals surface area contributed by atoms with Gasteiger partial charge in [-0.2, -0.15) is 0 Å². The van der Waals surface area contributed by atoms with Crippen LogP contribution in [-0.4, -0.2) is 57.9 Å². The van der Waals surface area contributed by atoms with E-state index >= 15 is 0 Å². The predicted molar refractivity (Wildman–Crippen MR) is 147 cm³/mol. The molecule has 4 aromatic rings. The highest BCUT2D eigenvalue weighted by atomic mass is 16.1. The molecule has 1 aliphatic rings. The van der Waals surface area contributed by atoms with Crippen molar-refractivity contribution < 1.29 is 4.79 Å². The van der Waals surface area contributed by atoms with Gasteiger partial charge in [-0.1, -0.05) is 84.4 Å². The van der Waals surface area contributed by atoms with Crippen LogP contribution < -0.4 is 0 Å². The summed E-state index contributed by atoms with van der Waals surface area (Å²) in [7, 11) is 0. The lowest BCUT2D eigenvalue weighted by Crippen LogP contribution is -2.46. The summed E-state index contributed by atoms with van der Waals surface area (Å²) in [5.41, 5.74) is 5.30. The summed E-state index contributed by atoms with van der Waals surface area (Å²) in [6.45, 7) is 8.60.